The van der Waals surface area contributed by atoms with Gasteiger partial charge in [-0.15, -0.1) is 0 Å². The summed E-state index contributed by atoms with van der Waals surface area (Å²) in [5.41, 5.74) is 3.56. The summed E-state index contributed by atoms with van der Waals surface area (Å²) >= 11 is 12.2. The van der Waals surface area contributed by atoms with Crippen LogP contribution in [0.3, 0.4) is 0 Å². The van der Waals surface area contributed by atoms with Gasteiger partial charge in [-0.3, -0.25) is 19.2 Å². The van der Waals surface area contributed by atoms with E-state index < -0.39 is 5.92 Å². The van der Waals surface area contributed by atoms with E-state index >= 15 is 0 Å². The number of piperidine rings is 1. The number of carbonyl (C=O) groups excluding carboxylic acids is 4. The van der Waals surface area contributed by atoms with Gasteiger partial charge in [0.15, 0.2) is 0 Å². The van der Waals surface area contributed by atoms with Crippen LogP contribution in [-0.4, -0.2) is 85.3 Å². The summed E-state index contributed by atoms with van der Waals surface area (Å²) in [4.78, 5) is 58.7. The summed E-state index contributed by atoms with van der Waals surface area (Å²) in [6.07, 6.45) is 4.42. The lowest BCUT2D eigenvalue weighted by molar-refractivity contribution is -0.139. The normalized spacial score (nSPS) is 18.1. The molecule has 12 heteroatoms. The van der Waals surface area contributed by atoms with E-state index in [2.05, 4.69) is 52.9 Å². The molecule has 3 heterocycles. The Bertz CT molecular complexity index is 1830. The number of aryl methyl sites for hydroxylation is 1. The first kappa shape index (κ1) is 36.7. The second kappa shape index (κ2) is 16.9. The Hall–Kier alpha value is -4.54. The van der Waals surface area contributed by atoms with Crippen LogP contribution in [0.15, 0.2) is 72.9 Å². The zero-order valence-electron chi connectivity index (χ0n) is 28.5. The predicted octanol–water partition coefficient (Wildman–Crippen LogP) is 5.37. The average molecular weight is 721 g/mol. The van der Waals surface area contributed by atoms with E-state index in [1.807, 2.05) is 24.4 Å². The Labute approximate surface area is 302 Å². The molecule has 2 fully saturated rings. The highest BCUT2D eigenvalue weighted by molar-refractivity contribution is 6.42. The predicted molar refractivity (Wildman–Crippen MR) is 195 cm³/mol. The average Bonchev–Trinajstić information content (AvgIpc) is 3.75. The number of ether oxygens (including phenoxy) is 1. The van der Waals surface area contributed by atoms with Crippen molar-refractivity contribution in [3.05, 3.63) is 99.7 Å². The molecule has 1 aromatic heterocycles. The molecule has 2 aliphatic rings. The number of aromatic amines is 1. The molecule has 50 heavy (non-hydrogen) atoms. The monoisotopic (exact) mass is 719 g/mol. The van der Waals surface area contributed by atoms with Crippen LogP contribution < -0.4 is 15.4 Å². The van der Waals surface area contributed by atoms with Gasteiger partial charge >= 0.3 is 0 Å². The van der Waals surface area contributed by atoms with E-state index in [4.69, 9.17) is 27.9 Å². The smallest absolute Gasteiger partial charge is 0.253 e. The Kier molecular flexibility index (Phi) is 12.4. The maximum absolute atomic E-state index is 13.6. The minimum Gasteiger partial charge on any atom is -0.497 e. The molecule has 2 aliphatic heterocycles. The van der Waals surface area contributed by atoms with Gasteiger partial charge in [0, 0.05) is 62.0 Å². The van der Waals surface area contributed by atoms with Gasteiger partial charge in [-0.2, -0.15) is 0 Å². The molecule has 3 atom stereocenters. The lowest BCUT2D eigenvalue weighted by Crippen LogP contribution is -2.54. The van der Waals surface area contributed by atoms with E-state index in [0.29, 0.717) is 36.0 Å². The second-order valence-electron chi connectivity index (χ2n) is 12.7. The van der Waals surface area contributed by atoms with Crippen LogP contribution in [0.2, 0.25) is 10.0 Å². The van der Waals surface area contributed by atoms with Crippen LogP contribution in [0, 0.1) is 17.8 Å². The number of rotatable bonds is 9. The number of likely N-dealkylation sites (tertiary alicyclic amines) is 2. The molecule has 0 aliphatic carbocycles. The molecule has 0 radical (unpaired) electrons. The summed E-state index contributed by atoms with van der Waals surface area (Å²) in [6, 6.07) is 20.9. The molecule has 4 amide bonds. The van der Waals surface area contributed by atoms with Gasteiger partial charge in [0.2, 0.25) is 17.7 Å². The molecule has 264 valence electrons. The van der Waals surface area contributed by atoms with Gasteiger partial charge in [0.05, 0.1) is 36.0 Å². The molecule has 3 aromatic carbocycles. The number of amides is 4. The standard InChI is InChI=1S/C29H31Cl2N5O5.C9H12/c1-32-26(37)11-34-28(39)22-15-35(27(38)8-17-10-33-25-9-19(41-2)4-5-20(17)25)12-18-13-36(14-21(18)22)29(40)16-3-6-23(30)24(31)7-16;1-2-6-9-7-4-3-5-8-9/h3-7,9-10,18,21-22,33H,8,11-15H2,1-2H3,(H,32,37)(H,34,39);3-5,7-8H,2,6H2,1H3. The molecule has 0 saturated carbocycles. The van der Waals surface area contributed by atoms with Crippen LogP contribution in [0.4, 0.5) is 0 Å². The number of H-pyrrole nitrogens is 1. The van der Waals surface area contributed by atoms with E-state index in [-0.39, 0.29) is 60.0 Å². The molecule has 2 saturated heterocycles. The van der Waals surface area contributed by atoms with Crippen molar-refractivity contribution >= 4 is 57.7 Å². The van der Waals surface area contributed by atoms with Crippen LogP contribution in [-0.2, 0) is 27.2 Å². The van der Waals surface area contributed by atoms with Crippen molar-refractivity contribution in [2.24, 2.45) is 17.8 Å². The number of hydrogen-bond acceptors (Lipinski definition) is 5. The number of methoxy groups -OCH3 is 1. The molecular weight excluding hydrogens is 677 g/mol. The third-order valence-corrected chi connectivity index (χ3v) is 10.2. The van der Waals surface area contributed by atoms with Crippen molar-refractivity contribution in [3.8, 4) is 5.75 Å². The van der Waals surface area contributed by atoms with Crippen LogP contribution in [0.25, 0.3) is 10.9 Å². The summed E-state index contributed by atoms with van der Waals surface area (Å²) in [7, 11) is 3.09. The Morgan fingerprint density at radius 1 is 0.920 bits per heavy atom. The number of likely N-dealkylation sites (N-methyl/N-ethyl adjacent to an activating group) is 1. The third kappa shape index (κ3) is 8.78. The first-order valence-corrected chi connectivity index (χ1v) is 17.6. The number of fused-ring (bicyclic) bond motifs is 2. The number of nitrogens with one attached hydrogen (secondary N) is 3. The fourth-order valence-corrected chi connectivity index (χ4v) is 7.07. The lowest BCUT2D eigenvalue weighted by Gasteiger charge is -2.39. The number of nitrogens with zero attached hydrogens (tertiary/aromatic N) is 2. The van der Waals surface area contributed by atoms with Gasteiger partial charge < -0.3 is 30.2 Å². The van der Waals surface area contributed by atoms with Crippen LogP contribution >= 0.6 is 23.2 Å². The lowest BCUT2D eigenvalue weighted by atomic mass is 9.79. The van der Waals surface area contributed by atoms with E-state index in [0.717, 1.165) is 16.5 Å². The Morgan fingerprint density at radius 3 is 2.38 bits per heavy atom. The van der Waals surface area contributed by atoms with Gasteiger partial charge in [0.25, 0.3) is 5.91 Å². The number of carbonyl (C=O) groups is 4. The van der Waals surface area contributed by atoms with Crippen molar-refractivity contribution in [1.82, 2.24) is 25.4 Å². The maximum Gasteiger partial charge on any atom is 0.253 e. The molecule has 6 rings (SSSR count). The quantitative estimate of drug-likeness (QED) is 0.215. The summed E-state index contributed by atoms with van der Waals surface area (Å²) in [5.74, 6) is -1.11. The SMILES string of the molecule is CCCc1ccccc1.CNC(=O)CNC(=O)C1CN(C(=O)Cc2c[nH]c3cc(OC)ccc23)CC2CN(C(=O)c3ccc(Cl)c(Cl)c3)CC21. The first-order valence-electron chi connectivity index (χ1n) is 16.8. The number of halogens is 2. The van der Waals surface area contributed by atoms with Crippen molar-refractivity contribution < 1.29 is 23.9 Å². The Balaban J connectivity index is 0.000000470. The number of benzene rings is 3. The molecule has 4 aromatic rings. The third-order valence-electron chi connectivity index (χ3n) is 9.42. The number of hydrogen-bond donors (Lipinski definition) is 3. The zero-order valence-corrected chi connectivity index (χ0v) is 30.0. The summed E-state index contributed by atoms with van der Waals surface area (Å²) in [6.45, 7) is 3.40. The topological polar surface area (TPSA) is 124 Å². The van der Waals surface area contributed by atoms with Crippen molar-refractivity contribution in [2.45, 2.75) is 26.2 Å². The van der Waals surface area contributed by atoms with Gasteiger partial charge in [-0.1, -0.05) is 66.9 Å². The van der Waals surface area contributed by atoms with E-state index in [1.165, 1.54) is 31.5 Å². The Morgan fingerprint density at radius 2 is 1.68 bits per heavy atom. The summed E-state index contributed by atoms with van der Waals surface area (Å²) in [5, 5.41) is 6.76. The first-order chi connectivity index (χ1) is 24.1. The van der Waals surface area contributed by atoms with Crippen molar-refractivity contribution in [3.63, 3.8) is 0 Å². The van der Waals surface area contributed by atoms with Crippen molar-refractivity contribution in [2.75, 3.05) is 46.9 Å². The van der Waals surface area contributed by atoms with Gasteiger partial charge in [-0.25, -0.2) is 0 Å². The van der Waals surface area contributed by atoms with Crippen LogP contribution in [0.1, 0.15) is 34.8 Å². The fourth-order valence-electron chi connectivity index (χ4n) is 6.77. The van der Waals surface area contributed by atoms with Crippen molar-refractivity contribution in [1.29, 1.82) is 0 Å². The molecule has 0 bridgehead atoms. The largest absolute Gasteiger partial charge is 0.497 e. The minimum absolute atomic E-state index is 0.109. The second-order valence-corrected chi connectivity index (χ2v) is 13.5. The molecule has 0 spiro atoms. The van der Waals surface area contributed by atoms with E-state index in [1.54, 1.807) is 29.0 Å². The van der Waals surface area contributed by atoms with E-state index in [9.17, 15) is 19.2 Å². The van der Waals surface area contributed by atoms with Crippen LogP contribution in [0.5, 0.6) is 5.75 Å². The zero-order chi connectivity index (χ0) is 35.8. The fraction of sp³-hybridized carbons (Fsp3) is 0.368. The minimum atomic E-state index is -0.582. The highest BCUT2D eigenvalue weighted by atomic mass is 35.5. The highest BCUT2D eigenvalue weighted by Gasteiger charge is 2.47. The molecule has 3 N–H and O–H groups in total. The molecular formula is C38H43Cl2N5O5. The van der Waals surface area contributed by atoms with Gasteiger partial charge in [0.1, 0.15) is 5.75 Å². The molecule has 3 unspecified atom stereocenters. The molecule has 10 nitrogen and oxygen atoms in total. The summed E-state index contributed by atoms with van der Waals surface area (Å²) < 4.78 is 5.29. The maximum atomic E-state index is 13.6. The number of aromatic nitrogens is 1. The van der Waals surface area contributed by atoms with Gasteiger partial charge in [-0.05, 0) is 59.7 Å². The highest BCUT2D eigenvalue weighted by Crippen LogP contribution is 2.37.